The van der Waals surface area contributed by atoms with Gasteiger partial charge in [0.1, 0.15) is 11.9 Å². The van der Waals surface area contributed by atoms with Crippen molar-refractivity contribution in [1.29, 1.82) is 0 Å². The molecule has 0 spiro atoms. The van der Waals surface area contributed by atoms with Gasteiger partial charge in [0.05, 0.1) is 0 Å². The summed E-state index contributed by atoms with van der Waals surface area (Å²) in [7, 11) is 0. The molecular formula is C13H13NO2. The third-order valence-electron chi connectivity index (χ3n) is 2.35. The second kappa shape index (κ2) is 4.66. The highest BCUT2D eigenvalue weighted by atomic mass is 16.5. The highest BCUT2D eigenvalue weighted by Gasteiger charge is 2.06. The number of aromatic nitrogens is 1. The van der Waals surface area contributed by atoms with Crippen LogP contribution in [0.4, 0.5) is 0 Å². The highest BCUT2D eigenvalue weighted by Crippen LogP contribution is 2.19. The number of benzene rings is 1. The fourth-order valence-corrected chi connectivity index (χ4v) is 1.47. The second-order valence-corrected chi connectivity index (χ2v) is 3.56. The normalized spacial score (nSPS) is 12.1. The zero-order valence-electron chi connectivity index (χ0n) is 9.04. The molecule has 0 aliphatic carbocycles. The predicted molar refractivity (Wildman–Crippen MR) is 60.9 cm³/mol. The third kappa shape index (κ3) is 2.51. The minimum absolute atomic E-state index is 0.0243. The Morgan fingerprint density at radius 3 is 2.31 bits per heavy atom. The summed E-state index contributed by atoms with van der Waals surface area (Å²) in [5, 5.41) is 10.8. The summed E-state index contributed by atoms with van der Waals surface area (Å²) in [5.41, 5.74) is 1.11. The average Bonchev–Trinajstić information content (AvgIpc) is 2.33. The van der Waals surface area contributed by atoms with Crippen LogP contribution < -0.4 is 9.47 Å². The van der Waals surface area contributed by atoms with Gasteiger partial charge in [0.15, 0.2) is 12.4 Å². The first-order valence-electron chi connectivity index (χ1n) is 5.16. The van der Waals surface area contributed by atoms with Crippen molar-refractivity contribution in [2.45, 2.75) is 13.0 Å². The Hall–Kier alpha value is -2.03. The topological polar surface area (TPSA) is 36.2 Å². The van der Waals surface area contributed by atoms with Crippen LogP contribution in [0.5, 0.6) is 5.75 Å². The summed E-state index contributed by atoms with van der Waals surface area (Å²) in [4.78, 5) is 0. The molecule has 0 aliphatic rings. The summed E-state index contributed by atoms with van der Waals surface area (Å²) in [5.74, 6) is 0.698. The van der Waals surface area contributed by atoms with E-state index in [1.54, 1.807) is 12.1 Å². The number of pyridine rings is 1. The number of ether oxygens (including phenoxy) is 1. The van der Waals surface area contributed by atoms with E-state index in [1.807, 2.05) is 37.3 Å². The largest absolute Gasteiger partial charge is 0.619 e. The number of rotatable bonds is 3. The van der Waals surface area contributed by atoms with E-state index < -0.39 is 0 Å². The van der Waals surface area contributed by atoms with Crippen LogP contribution in [0.3, 0.4) is 0 Å². The molecule has 0 amide bonds. The summed E-state index contributed by atoms with van der Waals surface area (Å²) < 4.78 is 6.44. The van der Waals surface area contributed by atoms with Gasteiger partial charge in [-0.1, -0.05) is 30.3 Å². The summed E-state index contributed by atoms with van der Waals surface area (Å²) >= 11 is 0. The van der Waals surface area contributed by atoms with Gasteiger partial charge in [0, 0.05) is 12.1 Å². The summed E-state index contributed by atoms with van der Waals surface area (Å²) in [6, 6.07) is 13.3. The third-order valence-corrected chi connectivity index (χ3v) is 2.35. The molecule has 0 fully saturated rings. The van der Waals surface area contributed by atoms with Crippen LogP contribution in [0.15, 0.2) is 54.9 Å². The Morgan fingerprint density at radius 1 is 1.06 bits per heavy atom. The molecule has 0 aliphatic heterocycles. The summed E-state index contributed by atoms with van der Waals surface area (Å²) in [6.45, 7) is 1.98. The maximum Gasteiger partial charge on any atom is 0.184 e. The molecule has 2 aromatic rings. The molecule has 82 valence electrons. The molecule has 0 unspecified atom stereocenters. The number of nitrogens with zero attached hydrogens (tertiary/aromatic N) is 1. The molecule has 1 heterocycles. The Balaban J connectivity index is 2.08. The Labute approximate surface area is 94.5 Å². The van der Waals surface area contributed by atoms with E-state index in [2.05, 4.69) is 0 Å². The first-order valence-corrected chi connectivity index (χ1v) is 5.16. The fraction of sp³-hybridized carbons (Fsp3) is 0.154. The zero-order chi connectivity index (χ0) is 11.4. The van der Waals surface area contributed by atoms with Gasteiger partial charge >= 0.3 is 0 Å². The van der Waals surface area contributed by atoms with Crippen LogP contribution in [0.1, 0.15) is 18.6 Å². The maximum atomic E-state index is 10.8. The Morgan fingerprint density at radius 2 is 1.69 bits per heavy atom. The molecular weight excluding hydrogens is 202 g/mol. The van der Waals surface area contributed by atoms with Crippen LogP contribution in [-0.4, -0.2) is 0 Å². The van der Waals surface area contributed by atoms with Crippen LogP contribution in [0, 0.1) is 5.21 Å². The smallest absolute Gasteiger partial charge is 0.184 e. The molecule has 1 aromatic carbocycles. The van der Waals surface area contributed by atoms with Gasteiger partial charge in [-0.15, -0.1) is 0 Å². The zero-order valence-corrected chi connectivity index (χ0v) is 9.04. The lowest BCUT2D eigenvalue weighted by Crippen LogP contribution is -2.23. The van der Waals surface area contributed by atoms with E-state index in [0.717, 1.165) is 10.3 Å². The van der Waals surface area contributed by atoms with E-state index in [9.17, 15) is 5.21 Å². The van der Waals surface area contributed by atoms with Crippen LogP contribution in [0.2, 0.25) is 0 Å². The standard InChI is InChI=1S/C13H13NO2/c1-11(12-5-3-2-4-6-12)16-13-7-9-14(15)10-8-13/h2-11H,1H3/t11-/m1/s1. The van der Waals surface area contributed by atoms with E-state index in [-0.39, 0.29) is 6.10 Å². The van der Waals surface area contributed by atoms with Crippen molar-refractivity contribution in [3.63, 3.8) is 0 Å². The first-order chi connectivity index (χ1) is 7.75. The van der Waals surface area contributed by atoms with Crippen molar-refractivity contribution in [2.75, 3.05) is 0 Å². The predicted octanol–water partition coefficient (Wildman–Crippen LogP) is 2.46. The maximum absolute atomic E-state index is 10.8. The van der Waals surface area contributed by atoms with Gasteiger partial charge in [0.25, 0.3) is 0 Å². The van der Waals surface area contributed by atoms with Crippen molar-refractivity contribution < 1.29 is 9.47 Å². The number of hydrogen-bond acceptors (Lipinski definition) is 2. The molecule has 0 radical (unpaired) electrons. The van der Waals surface area contributed by atoms with Crippen molar-refractivity contribution in [1.82, 2.24) is 0 Å². The van der Waals surface area contributed by atoms with E-state index in [1.165, 1.54) is 12.4 Å². The lowest BCUT2D eigenvalue weighted by atomic mass is 10.1. The van der Waals surface area contributed by atoms with E-state index >= 15 is 0 Å². The van der Waals surface area contributed by atoms with E-state index in [0.29, 0.717) is 5.75 Å². The van der Waals surface area contributed by atoms with Crippen LogP contribution >= 0.6 is 0 Å². The minimum atomic E-state index is -0.0243. The quantitative estimate of drug-likeness (QED) is 0.582. The Kier molecular flexibility index (Phi) is 3.05. The number of hydrogen-bond donors (Lipinski definition) is 0. The van der Waals surface area contributed by atoms with Crippen molar-refractivity contribution in [3.8, 4) is 5.75 Å². The molecule has 0 saturated carbocycles. The van der Waals surface area contributed by atoms with Crippen LogP contribution in [0.25, 0.3) is 0 Å². The van der Waals surface area contributed by atoms with Crippen molar-refractivity contribution >= 4 is 0 Å². The molecule has 0 saturated heterocycles. The monoisotopic (exact) mass is 215 g/mol. The van der Waals surface area contributed by atoms with Gasteiger partial charge in [0.2, 0.25) is 0 Å². The fourth-order valence-electron chi connectivity index (χ4n) is 1.47. The first kappa shape index (κ1) is 10.5. The lowest BCUT2D eigenvalue weighted by Gasteiger charge is -2.14. The molecule has 3 nitrogen and oxygen atoms in total. The second-order valence-electron chi connectivity index (χ2n) is 3.56. The van der Waals surface area contributed by atoms with E-state index in [4.69, 9.17) is 4.74 Å². The molecule has 2 rings (SSSR count). The molecule has 1 atom stereocenters. The van der Waals surface area contributed by atoms with Gasteiger partial charge < -0.3 is 9.94 Å². The Bertz CT molecular complexity index is 439. The van der Waals surface area contributed by atoms with Crippen molar-refractivity contribution in [3.05, 3.63) is 65.6 Å². The molecule has 0 N–H and O–H groups in total. The van der Waals surface area contributed by atoms with Gasteiger partial charge in [-0.3, -0.25) is 0 Å². The minimum Gasteiger partial charge on any atom is -0.619 e. The van der Waals surface area contributed by atoms with Crippen LogP contribution in [-0.2, 0) is 0 Å². The molecule has 1 aromatic heterocycles. The van der Waals surface area contributed by atoms with Gasteiger partial charge in [-0.25, -0.2) is 0 Å². The SMILES string of the molecule is C[C@@H](Oc1cc[n+]([O-])cc1)c1ccccc1. The highest BCUT2D eigenvalue weighted by molar-refractivity contribution is 5.21. The molecule has 3 heteroatoms. The average molecular weight is 215 g/mol. The summed E-state index contributed by atoms with van der Waals surface area (Å²) in [6.07, 6.45) is 2.82. The van der Waals surface area contributed by atoms with Gasteiger partial charge in [-0.2, -0.15) is 4.73 Å². The van der Waals surface area contributed by atoms with Crippen molar-refractivity contribution in [2.24, 2.45) is 0 Å². The molecule has 16 heavy (non-hydrogen) atoms. The van der Waals surface area contributed by atoms with Gasteiger partial charge in [-0.05, 0) is 12.5 Å². The lowest BCUT2D eigenvalue weighted by molar-refractivity contribution is -0.605. The molecule has 0 bridgehead atoms.